The number of aromatic nitrogens is 4. The molecule has 0 fully saturated rings. The van der Waals surface area contributed by atoms with Crippen molar-refractivity contribution in [2.75, 3.05) is 0 Å². The second kappa shape index (κ2) is 4.96. The SMILES string of the molecule is CC(C)c1ccc(-c2nnn([C@@H](C)C#N)n2)cc1. The van der Waals surface area contributed by atoms with E-state index in [9.17, 15) is 0 Å². The van der Waals surface area contributed by atoms with Gasteiger partial charge >= 0.3 is 0 Å². The predicted molar refractivity (Wildman–Crippen MR) is 67.7 cm³/mol. The van der Waals surface area contributed by atoms with Gasteiger partial charge in [-0.15, -0.1) is 15.0 Å². The lowest BCUT2D eigenvalue weighted by atomic mass is 10.0. The largest absolute Gasteiger partial charge is 0.204 e. The van der Waals surface area contributed by atoms with E-state index in [0.717, 1.165) is 5.56 Å². The molecule has 0 aliphatic rings. The molecule has 2 rings (SSSR count). The minimum atomic E-state index is -0.402. The second-order valence-electron chi connectivity index (χ2n) is 4.52. The van der Waals surface area contributed by atoms with Gasteiger partial charge in [0.1, 0.15) is 0 Å². The Kier molecular flexibility index (Phi) is 3.38. The summed E-state index contributed by atoms with van der Waals surface area (Å²) in [7, 11) is 0. The lowest BCUT2D eigenvalue weighted by Crippen LogP contribution is -2.06. The van der Waals surface area contributed by atoms with Crippen LogP contribution < -0.4 is 0 Å². The monoisotopic (exact) mass is 241 g/mol. The molecule has 2 aromatic rings. The van der Waals surface area contributed by atoms with Crippen molar-refractivity contribution in [3.8, 4) is 17.5 Å². The van der Waals surface area contributed by atoms with E-state index in [1.165, 1.54) is 10.4 Å². The lowest BCUT2D eigenvalue weighted by molar-refractivity contribution is 0.501. The zero-order chi connectivity index (χ0) is 13.1. The first-order valence-electron chi connectivity index (χ1n) is 5.91. The number of tetrazole rings is 1. The fourth-order valence-electron chi connectivity index (χ4n) is 1.57. The molecule has 1 aromatic heterocycles. The quantitative estimate of drug-likeness (QED) is 0.828. The fraction of sp³-hybridized carbons (Fsp3) is 0.385. The van der Waals surface area contributed by atoms with Gasteiger partial charge in [0.05, 0.1) is 6.07 Å². The van der Waals surface area contributed by atoms with Crippen LogP contribution in [0.3, 0.4) is 0 Å². The molecular formula is C13H15N5. The van der Waals surface area contributed by atoms with Gasteiger partial charge in [-0.2, -0.15) is 5.26 Å². The highest BCUT2D eigenvalue weighted by atomic mass is 15.6. The Morgan fingerprint density at radius 1 is 1.17 bits per heavy atom. The summed E-state index contributed by atoms with van der Waals surface area (Å²) in [4.78, 5) is 1.33. The van der Waals surface area contributed by atoms with E-state index >= 15 is 0 Å². The predicted octanol–water partition coefficient (Wildman–Crippen LogP) is 2.55. The molecule has 0 radical (unpaired) electrons. The van der Waals surface area contributed by atoms with Crippen LogP contribution in [0.5, 0.6) is 0 Å². The third kappa shape index (κ3) is 2.38. The molecule has 5 nitrogen and oxygen atoms in total. The molecule has 1 heterocycles. The zero-order valence-electron chi connectivity index (χ0n) is 10.7. The third-order valence-electron chi connectivity index (χ3n) is 2.80. The smallest absolute Gasteiger partial charge is 0.196 e. The van der Waals surface area contributed by atoms with Crippen molar-refractivity contribution in [3.05, 3.63) is 29.8 Å². The van der Waals surface area contributed by atoms with Gasteiger partial charge < -0.3 is 0 Å². The van der Waals surface area contributed by atoms with Gasteiger partial charge in [0.15, 0.2) is 6.04 Å². The average molecular weight is 241 g/mol. The number of nitrogens with zero attached hydrogens (tertiary/aromatic N) is 5. The van der Waals surface area contributed by atoms with Crippen molar-refractivity contribution in [3.63, 3.8) is 0 Å². The Morgan fingerprint density at radius 2 is 1.83 bits per heavy atom. The highest BCUT2D eigenvalue weighted by molar-refractivity contribution is 5.54. The summed E-state index contributed by atoms with van der Waals surface area (Å²) < 4.78 is 0. The van der Waals surface area contributed by atoms with E-state index in [-0.39, 0.29) is 0 Å². The Balaban J connectivity index is 2.27. The van der Waals surface area contributed by atoms with E-state index in [4.69, 9.17) is 5.26 Å². The van der Waals surface area contributed by atoms with Crippen LogP contribution in [0.15, 0.2) is 24.3 Å². The van der Waals surface area contributed by atoms with E-state index in [2.05, 4.69) is 47.5 Å². The number of rotatable bonds is 3. The van der Waals surface area contributed by atoms with Gasteiger partial charge in [0.2, 0.25) is 5.82 Å². The second-order valence-corrected chi connectivity index (χ2v) is 4.52. The molecule has 0 bridgehead atoms. The maximum Gasteiger partial charge on any atom is 0.204 e. The molecule has 0 amide bonds. The van der Waals surface area contributed by atoms with E-state index in [0.29, 0.717) is 11.7 Å². The van der Waals surface area contributed by atoms with Crippen LogP contribution in [0.2, 0.25) is 0 Å². The Labute approximate surface area is 106 Å². The van der Waals surface area contributed by atoms with Gasteiger partial charge in [0, 0.05) is 5.56 Å². The number of hydrogen-bond acceptors (Lipinski definition) is 4. The highest BCUT2D eigenvalue weighted by Gasteiger charge is 2.10. The summed E-state index contributed by atoms with van der Waals surface area (Å²) in [6.45, 7) is 6.03. The van der Waals surface area contributed by atoms with Crippen LogP contribution in [0.25, 0.3) is 11.4 Å². The number of nitriles is 1. The summed E-state index contributed by atoms with van der Waals surface area (Å²) in [5.74, 6) is 1.05. The van der Waals surface area contributed by atoms with Crippen LogP contribution in [-0.2, 0) is 0 Å². The minimum Gasteiger partial charge on any atom is -0.196 e. The van der Waals surface area contributed by atoms with Crippen LogP contribution in [0, 0.1) is 11.3 Å². The van der Waals surface area contributed by atoms with Gasteiger partial charge in [-0.05, 0) is 23.6 Å². The summed E-state index contributed by atoms with van der Waals surface area (Å²) in [5.41, 5.74) is 2.19. The third-order valence-corrected chi connectivity index (χ3v) is 2.80. The van der Waals surface area contributed by atoms with Crippen molar-refractivity contribution < 1.29 is 0 Å². The molecule has 92 valence electrons. The minimum absolute atomic E-state index is 0.402. The highest BCUT2D eigenvalue weighted by Crippen LogP contribution is 2.19. The van der Waals surface area contributed by atoms with Crippen LogP contribution in [0.4, 0.5) is 0 Å². The van der Waals surface area contributed by atoms with Gasteiger partial charge in [-0.1, -0.05) is 38.1 Å². The average Bonchev–Trinajstić information content (AvgIpc) is 2.87. The summed E-state index contributed by atoms with van der Waals surface area (Å²) in [6, 6.07) is 9.75. The van der Waals surface area contributed by atoms with Crippen molar-refractivity contribution >= 4 is 0 Å². The van der Waals surface area contributed by atoms with Crippen LogP contribution in [-0.4, -0.2) is 20.2 Å². The molecule has 0 spiro atoms. The molecule has 1 atom stereocenters. The van der Waals surface area contributed by atoms with Gasteiger partial charge in [-0.3, -0.25) is 0 Å². The van der Waals surface area contributed by atoms with Crippen LogP contribution >= 0.6 is 0 Å². The summed E-state index contributed by atoms with van der Waals surface area (Å²) in [5, 5.41) is 20.8. The van der Waals surface area contributed by atoms with Crippen molar-refractivity contribution in [2.24, 2.45) is 0 Å². The standard InChI is InChI=1S/C13H15N5/c1-9(2)11-4-6-12(7-5-11)13-15-17-18(16-13)10(3)8-14/h4-7,9-10H,1-3H3/t10-/m0/s1. The Bertz CT molecular complexity index is 562. The topological polar surface area (TPSA) is 67.4 Å². The Hall–Kier alpha value is -2.22. The molecule has 5 heteroatoms. The molecule has 0 saturated heterocycles. The first-order chi connectivity index (χ1) is 8.61. The molecule has 0 aliphatic heterocycles. The van der Waals surface area contributed by atoms with Crippen molar-refractivity contribution in [1.29, 1.82) is 5.26 Å². The maximum atomic E-state index is 8.79. The van der Waals surface area contributed by atoms with E-state index < -0.39 is 6.04 Å². The first kappa shape index (κ1) is 12.2. The van der Waals surface area contributed by atoms with E-state index in [1.54, 1.807) is 6.92 Å². The van der Waals surface area contributed by atoms with Gasteiger partial charge in [-0.25, -0.2) is 0 Å². The molecular weight excluding hydrogens is 226 g/mol. The zero-order valence-corrected chi connectivity index (χ0v) is 10.7. The van der Waals surface area contributed by atoms with Crippen LogP contribution in [0.1, 0.15) is 38.3 Å². The lowest BCUT2D eigenvalue weighted by Gasteiger charge is -2.04. The van der Waals surface area contributed by atoms with E-state index in [1.807, 2.05) is 12.1 Å². The number of hydrogen-bond donors (Lipinski definition) is 0. The van der Waals surface area contributed by atoms with Crippen molar-refractivity contribution in [2.45, 2.75) is 32.7 Å². The fourth-order valence-corrected chi connectivity index (χ4v) is 1.57. The first-order valence-corrected chi connectivity index (χ1v) is 5.91. The molecule has 1 aromatic carbocycles. The summed E-state index contributed by atoms with van der Waals surface area (Å²) in [6.07, 6.45) is 0. The molecule has 0 saturated carbocycles. The molecule has 0 unspecified atom stereocenters. The number of benzene rings is 1. The molecule has 0 aliphatic carbocycles. The maximum absolute atomic E-state index is 8.79. The van der Waals surface area contributed by atoms with Crippen molar-refractivity contribution in [1.82, 2.24) is 20.2 Å². The normalized spacial score (nSPS) is 12.4. The van der Waals surface area contributed by atoms with Gasteiger partial charge in [0.25, 0.3) is 0 Å². The summed E-state index contributed by atoms with van der Waals surface area (Å²) >= 11 is 0. The Morgan fingerprint density at radius 3 is 2.39 bits per heavy atom. The molecule has 18 heavy (non-hydrogen) atoms. The molecule has 0 N–H and O–H groups in total.